The van der Waals surface area contributed by atoms with Gasteiger partial charge in [0, 0.05) is 36.5 Å². The molecule has 0 unspecified atom stereocenters. The van der Waals surface area contributed by atoms with Crippen molar-refractivity contribution in [3.8, 4) is 28.5 Å². The maximum atomic E-state index is 12.9. The molecule has 0 N–H and O–H groups in total. The van der Waals surface area contributed by atoms with Crippen LogP contribution in [0, 0.1) is 11.3 Å². The number of fused-ring (bicyclic) bond motifs is 2. The fourth-order valence-electron chi connectivity index (χ4n) is 4.46. The first kappa shape index (κ1) is 23.3. The van der Waals surface area contributed by atoms with Gasteiger partial charge in [-0.05, 0) is 50.5 Å². The average Bonchev–Trinajstić information content (AvgIpc) is 3.28. The highest BCUT2D eigenvalue weighted by atomic mass is 16.6. The van der Waals surface area contributed by atoms with Crippen LogP contribution in [-0.2, 0) is 24.8 Å². The molecule has 4 aromatic rings. The Labute approximate surface area is 208 Å². The summed E-state index contributed by atoms with van der Waals surface area (Å²) in [4.78, 5) is 32.0. The van der Waals surface area contributed by atoms with Crippen molar-refractivity contribution in [1.29, 1.82) is 5.26 Å². The molecule has 1 aliphatic rings. The molecule has 0 radical (unpaired) electrons. The molecule has 0 aliphatic carbocycles. The number of hydrogen-bond donors (Lipinski definition) is 0. The third-order valence-corrected chi connectivity index (χ3v) is 6.23. The van der Waals surface area contributed by atoms with Gasteiger partial charge in [-0.15, -0.1) is 0 Å². The number of carbonyl (C=O) groups is 1. The standard InChI is InChI=1S/C27H26N6O3/c1-27(2,3)36-26(35)32-10-9-19-21(15-32)22(14-31(4)25(19)34)23-16-33-24(13-29-23)20(12-30-33)18-7-5-17(11-28)6-8-18/h5-8,12-14,16H,9-10,15H2,1-4H3. The summed E-state index contributed by atoms with van der Waals surface area (Å²) in [6.45, 7) is 6.18. The molecule has 5 rings (SSSR count). The van der Waals surface area contributed by atoms with E-state index in [2.05, 4.69) is 11.2 Å². The Morgan fingerprint density at radius 1 is 1.08 bits per heavy atom. The van der Waals surface area contributed by atoms with Crippen LogP contribution in [0.4, 0.5) is 4.79 Å². The molecule has 0 saturated carbocycles. The molecule has 9 nitrogen and oxygen atoms in total. The number of pyridine rings is 1. The molecule has 0 spiro atoms. The predicted octanol–water partition coefficient (Wildman–Crippen LogP) is 3.93. The third kappa shape index (κ3) is 4.22. The van der Waals surface area contributed by atoms with Gasteiger partial charge in [-0.25, -0.2) is 9.31 Å². The minimum absolute atomic E-state index is 0.0686. The second kappa shape index (κ2) is 8.64. The lowest BCUT2D eigenvalue weighted by Crippen LogP contribution is -2.42. The maximum absolute atomic E-state index is 12.9. The van der Waals surface area contributed by atoms with Crippen LogP contribution >= 0.6 is 0 Å². The number of hydrogen-bond acceptors (Lipinski definition) is 6. The highest BCUT2D eigenvalue weighted by Crippen LogP contribution is 2.30. The molecule has 0 atom stereocenters. The summed E-state index contributed by atoms with van der Waals surface area (Å²) < 4.78 is 8.88. The summed E-state index contributed by atoms with van der Waals surface area (Å²) in [6, 6.07) is 9.44. The summed E-state index contributed by atoms with van der Waals surface area (Å²) in [7, 11) is 1.72. The molecular weight excluding hydrogens is 456 g/mol. The molecule has 1 amide bonds. The average molecular weight is 483 g/mol. The number of aromatic nitrogens is 4. The zero-order valence-corrected chi connectivity index (χ0v) is 20.6. The van der Waals surface area contributed by atoms with Crippen LogP contribution in [0.15, 0.2) is 53.8 Å². The SMILES string of the molecule is Cn1cc(-c2cn3ncc(-c4ccc(C#N)cc4)c3cn2)c2c(c1=O)CCN(C(=O)OC(C)(C)C)C2. The van der Waals surface area contributed by atoms with Gasteiger partial charge in [0.1, 0.15) is 5.60 Å². The predicted molar refractivity (Wildman–Crippen MR) is 134 cm³/mol. The van der Waals surface area contributed by atoms with Crippen LogP contribution in [0.5, 0.6) is 0 Å². The molecule has 3 aromatic heterocycles. The highest BCUT2D eigenvalue weighted by Gasteiger charge is 2.29. The number of carbonyl (C=O) groups excluding carboxylic acids is 1. The van der Waals surface area contributed by atoms with Crippen molar-refractivity contribution in [1.82, 2.24) is 24.1 Å². The van der Waals surface area contributed by atoms with Crippen molar-refractivity contribution in [2.24, 2.45) is 7.05 Å². The maximum Gasteiger partial charge on any atom is 0.410 e. The van der Waals surface area contributed by atoms with Crippen LogP contribution in [0.1, 0.15) is 37.5 Å². The molecule has 1 aromatic carbocycles. The zero-order valence-electron chi connectivity index (χ0n) is 20.6. The van der Waals surface area contributed by atoms with E-state index in [0.717, 1.165) is 27.8 Å². The van der Waals surface area contributed by atoms with Crippen molar-refractivity contribution in [3.05, 3.63) is 76.1 Å². The zero-order chi connectivity index (χ0) is 25.6. The fourth-order valence-corrected chi connectivity index (χ4v) is 4.46. The minimum Gasteiger partial charge on any atom is -0.444 e. The van der Waals surface area contributed by atoms with Crippen molar-refractivity contribution < 1.29 is 9.53 Å². The number of benzene rings is 1. The highest BCUT2D eigenvalue weighted by molar-refractivity contribution is 5.80. The molecule has 0 saturated heterocycles. The number of ether oxygens (including phenoxy) is 1. The normalized spacial score (nSPS) is 13.4. The summed E-state index contributed by atoms with van der Waals surface area (Å²) in [5.74, 6) is 0. The largest absolute Gasteiger partial charge is 0.444 e. The quantitative estimate of drug-likeness (QED) is 0.429. The van der Waals surface area contributed by atoms with Crippen LogP contribution < -0.4 is 5.56 Å². The molecule has 182 valence electrons. The van der Waals surface area contributed by atoms with E-state index in [4.69, 9.17) is 15.0 Å². The van der Waals surface area contributed by atoms with Gasteiger partial charge in [0.05, 0.1) is 48.0 Å². The molecular formula is C27H26N6O3. The Kier molecular flexibility index (Phi) is 5.59. The number of nitrogens with zero attached hydrogens (tertiary/aromatic N) is 6. The third-order valence-electron chi connectivity index (χ3n) is 6.23. The van der Waals surface area contributed by atoms with Crippen LogP contribution in [0.3, 0.4) is 0 Å². The van der Waals surface area contributed by atoms with E-state index in [1.807, 2.05) is 39.1 Å². The van der Waals surface area contributed by atoms with Crippen LogP contribution in [-0.4, -0.2) is 42.3 Å². The van der Waals surface area contributed by atoms with Crippen molar-refractivity contribution in [3.63, 3.8) is 0 Å². The first-order valence-electron chi connectivity index (χ1n) is 11.7. The summed E-state index contributed by atoms with van der Waals surface area (Å²) in [5, 5.41) is 13.6. The van der Waals surface area contributed by atoms with Crippen molar-refractivity contribution >= 4 is 11.6 Å². The number of amides is 1. The van der Waals surface area contributed by atoms with E-state index in [9.17, 15) is 9.59 Å². The van der Waals surface area contributed by atoms with Crippen molar-refractivity contribution in [2.75, 3.05) is 6.54 Å². The minimum atomic E-state index is -0.605. The van der Waals surface area contributed by atoms with Gasteiger partial charge >= 0.3 is 6.09 Å². The van der Waals surface area contributed by atoms with Crippen LogP contribution in [0.2, 0.25) is 0 Å². The smallest absolute Gasteiger partial charge is 0.410 e. The Bertz CT molecular complexity index is 1590. The van der Waals surface area contributed by atoms with Gasteiger partial charge in [0.2, 0.25) is 0 Å². The van der Waals surface area contributed by atoms with Gasteiger partial charge in [-0.1, -0.05) is 12.1 Å². The Morgan fingerprint density at radius 3 is 2.53 bits per heavy atom. The van der Waals surface area contributed by atoms with Gasteiger partial charge in [0.15, 0.2) is 0 Å². The number of aryl methyl sites for hydroxylation is 1. The van der Waals surface area contributed by atoms with E-state index in [0.29, 0.717) is 29.8 Å². The van der Waals surface area contributed by atoms with E-state index in [1.165, 1.54) is 0 Å². The lowest BCUT2D eigenvalue weighted by atomic mass is 9.95. The van der Waals surface area contributed by atoms with E-state index < -0.39 is 11.7 Å². The van der Waals surface area contributed by atoms with E-state index >= 15 is 0 Å². The molecule has 4 heterocycles. The Balaban J connectivity index is 1.55. The van der Waals surface area contributed by atoms with Gasteiger partial charge in [0.25, 0.3) is 5.56 Å². The molecule has 0 bridgehead atoms. The van der Waals surface area contributed by atoms with Gasteiger partial charge in [-0.3, -0.25) is 9.78 Å². The monoisotopic (exact) mass is 482 g/mol. The fraction of sp³-hybridized carbons (Fsp3) is 0.296. The first-order chi connectivity index (χ1) is 17.1. The molecule has 0 fully saturated rings. The Morgan fingerprint density at radius 2 is 1.83 bits per heavy atom. The second-order valence-electron chi connectivity index (χ2n) is 9.92. The summed E-state index contributed by atoms with van der Waals surface area (Å²) in [6.07, 6.45) is 7.16. The second-order valence-corrected chi connectivity index (χ2v) is 9.92. The van der Waals surface area contributed by atoms with E-state index in [-0.39, 0.29) is 12.1 Å². The lowest BCUT2D eigenvalue weighted by Gasteiger charge is -2.32. The summed E-state index contributed by atoms with van der Waals surface area (Å²) >= 11 is 0. The van der Waals surface area contributed by atoms with Gasteiger partial charge < -0.3 is 14.2 Å². The number of rotatable bonds is 2. The van der Waals surface area contributed by atoms with Crippen molar-refractivity contribution in [2.45, 2.75) is 39.3 Å². The molecule has 36 heavy (non-hydrogen) atoms. The van der Waals surface area contributed by atoms with E-state index in [1.54, 1.807) is 51.8 Å². The Hall–Kier alpha value is -4.45. The number of nitriles is 1. The summed E-state index contributed by atoms with van der Waals surface area (Å²) in [5.41, 5.74) is 5.47. The molecule has 9 heteroatoms. The lowest BCUT2D eigenvalue weighted by molar-refractivity contribution is 0.0223. The van der Waals surface area contributed by atoms with Crippen LogP contribution in [0.25, 0.3) is 27.9 Å². The molecule has 1 aliphatic heterocycles. The topological polar surface area (TPSA) is 106 Å². The van der Waals surface area contributed by atoms with Gasteiger partial charge in [-0.2, -0.15) is 10.4 Å². The first-order valence-corrected chi connectivity index (χ1v) is 11.7.